The predicted octanol–water partition coefficient (Wildman–Crippen LogP) is 4.37. The zero-order valence-corrected chi connectivity index (χ0v) is 17.0. The van der Waals surface area contributed by atoms with Crippen LogP contribution in [0.3, 0.4) is 0 Å². The molecule has 0 unspecified atom stereocenters. The first-order valence-electron chi connectivity index (χ1n) is 9.73. The van der Waals surface area contributed by atoms with Crippen LogP contribution in [0.2, 0.25) is 5.02 Å². The van der Waals surface area contributed by atoms with Gasteiger partial charge in [-0.15, -0.1) is 10.2 Å². The van der Waals surface area contributed by atoms with Crippen LogP contribution >= 0.6 is 11.6 Å². The summed E-state index contributed by atoms with van der Waals surface area (Å²) in [5.74, 6) is 0. The van der Waals surface area contributed by atoms with E-state index in [2.05, 4.69) is 10.2 Å². The highest BCUT2D eigenvalue weighted by molar-refractivity contribution is 6.30. The molecule has 5 rings (SSSR count). The smallest absolute Gasteiger partial charge is 0.280 e. The van der Waals surface area contributed by atoms with E-state index < -0.39 is 0 Å². The molecular formula is C23H18ClN5O. The predicted molar refractivity (Wildman–Crippen MR) is 118 cm³/mol. The van der Waals surface area contributed by atoms with Crippen molar-refractivity contribution in [3.63, 3.8) is 0 Å². The number of fused-ring (bicyclic) bond motifs is 3. The lowest BCUT2D eigenvalue weighted by atomic mass is 10.0. The molecule has 0 atom stereocenters. The standard InChI is InChI=1S/C23H18ClN5O/c1-2-18-20(16-8-10-17(24)11-9-16)22-26-25-21-19(29(22)27-18)12-13-28(23(21)30)14-15-6-4-3-5-7-15/h3-13H,2,14H2,1H3. The highest BCUT2D eigenvalue weighted by Gasteiger charge is 2.18. The maximum Gasteiger partial charge on any atom is 0.280 e. The third-order valence-corrected chi connectivity index (χ3v) is 5.44. The van der Waals surface area contributed by atoms with E-state index in [1.165, 1.54) is 0 Å². The summed E-state index contributed by atoms with van der Waals surface area (Å²) >= 11 is 6.05. The molecule has 3 heterocycles. The van der Waals surface area contributed by atoms with E-state index in [0.29, 0.717) is 28.2 Å². The second-order valence-electron chi connectivity index (χ2n) is 7.09. The van der Waals surface area contributed by atoms with E-state index in [-0.39, 0.29) is 5.56 Å². The first-order valence-corrected chi connectivity index (χ1v) is 10.1. The minimum atomic E-state index is -0.188. The van der Waals surface area contributed by atoms with Crippen LogP contribution in [-0.4, -0.2) is 24.4 Å². The van der Waals surface area contributed by atoms with Crippen molar-refractivity contribution in [3.8, 4) is 11.1 Å². The maximum atomic E-state index is 13.0. The first-order chi connectivity index (χ1) is 14.7. The summed E-state index contributed by atoms with van der Waals surface area (Å²) in [7, 11) is 0. The summed E-state index contributed by atoms with van der Waals surface area (Å²) in [5, 5.41) is 14.1. The highest BCUT2D eigenvalue weighted by atomic mass is 35.5. The molecule has 2 aromatic carbocycles. The molecule has 0 aliphatic rings. The Hall–Kier alpha value is -3.51. The summed E-state index contributed by atoms with van der Waals surface area (Å²) < 4.78 is 3.36. The number of rotatable bonds is 4. The van der Waals surface area contributed by atoms with Crippen LogP contribution in [0.15, 0.2) is 71.7 Å². The molecule has 0 aliphatic carbocycles. The molecule has 0 saturated heterocycles. The molecular weight excluding hydrogens is 398 g/mol. The lowest BCUT2D eigenvalue weighted by Gasteiger charge is -2.07. The normalized spacial score (nSPS) is 11.4. The van der Waals surface area contributed by atoms with E-state index in [1.54, 1.807) is 15.3 Å². The Bertz CT molecular complexity index is 1420. The largest absolute Gasteiger partial charge is 0.309 e. The average molecular weight is 416 g/mol. The molecule has 0 N–H and O–H groups in total. The van der Waals surface area contributed by atoms with Gasteiger partial charge in [-0.05, 0) is 35.7 Å². The third kappa shape index (κ3) is 3.06. The minimum Gasteiger partial charge on any atom is -0.309 e. The number of pyridine rings is 1. The van der Waals surface area contributed by atoms with Gasteiger partial charge in [-0.3, -0.25) is 4.79 Å². The molecule has 30 heavy (non-hydrogen) atoms. The second kappa shape index (κ2) is 7.39. The van der Waals surface area contributed by atoms with Gasteiger partial charge in [0.2, 0.25) is 0 Å². The molecule has 0 radical (unpaired) electrons. The molecule has 7 heteroatoms. The van der Waals surface area contributed by atoms with Crippen molar-refractivity contribution in [1.82, 2.24) is 24.4 Å². The zero-order valence-electron chi connectivity index (χ0n) is 16.3. The van der Waals surface area contributed by atoms with E-state index in [0.717, 1.165) is 28.8 Å². The summed E-state index contributed by atoms with van der Waals surface area (Å²) in [6, 6.07) is 19.3. The fourth-order valence-electron chi connectivity index (χ4n) is 3.69. The van der Waals surface area contributed by atoms with E-state index >= 15 is 0 Å². The lowest BCUT2D eigenvalue weighted by Crippen LogP contribution is -2.22. The fraction of sp³-hybridized carbons (Fsp3) is 0.130. The molecule has 0 aliphatic heterocycles. The maximum absolute atomic E-state index is 13.0. The van der Waals surface area contributed by atoms with Gasteiger partial charge in [0.05, 0.1) is 17.8 Å². The van der Waals surface area contributed by atoms with Gasteiger partial charge in [0, 0.05) is 11.2 Å². The van der Waals surface area contributed by atoms with Gasteiger partial charge in [-0.2, -0.15) is 5.10 Å². The summed E-state index contributed by atoms with van der Waals surface area (Å²) in [5.41, 5.74) is 5.21. The monoisotopic (exact) mass is 415 g/mol. The van der Waals surface area contributed by atoms with Crippen molar-refractivity contribution in [1.29, 1.82) is 0 Å². The fourth-order valence-corrected chi connectivity index (χ4v) is 3.82. The van der Waals surface area contributed by atoms with Crippen LogP contribution in [0.1, 0.15) is 18.2 Å². The first kappa shape index (κ1) is 18.5. The molecule has 0 fully saturated rings. The van der Waals surface area contributed by atoms with Crippen LogP contribution in [0.5, 0.6) is 0 Å². The molecule has 0 amide bonds. The number of hydrogen-bond donors (Lipinski definition) is 0. The van der Waals surface area contributed by atoms with Gasteiger partial charge >= 0.3 is 0 Å². The Balaban J connectivity index is 1.70. The Labute approximate surface area is 177 Å². The summed E-state index contributed by atoms with van der Waals surface area (Å²) in [4.78, 5) is 13.0. The van der Waals surface area contributed by atoms with E-state index in [1.807, 2.05) is 67.6 Å². The van der Waals surface area contributed by atoms with Crippen molar-refractivity contribution < 1.29 is 0 Å². The third-order valence-electron chi connectivity index (χ3n) is 5.19. The Morgan fingerprint density at radius 2 is 1.73 bits per heavy atom. The Morgan fingerprint density at radius 3 is 2.47 bits per heavy atom. The van der Waals surface area contributed by atoms with Gasteiger partial charge in [0.15, 0.2) is 11.2 Å². The highest BCUT2D eigenvalue weighted by Crippen LogP contribution is 2.29. The molecule has 0 spiro atoms. The van der Waals surface area contributed by atoms with Crippen LogP contribution in [-0.2, 0) is 13.0 Å². The van der Waals surface area contributed by atoms with Crippen molar-refractivity contribution >= 4 is 28.3 Å². The molecule has 0 bridgehead atoms. The molecule has 5 aromatic rings. The number of hydrogen-bond acceptors (Lipinski definition) is 4. The van der Waals surface area contributed by atoms with Crippen molar-refractivity contribution in [3.05, 3.63) is 93.5 Å². The molecule has 0 saturated carbocycles. The molecule has 6 nitrogen and oxygen atoms in total. The number of benzene rings is 2. The number of halogens is 1. The van der Waals surface area contributed by atoms with Crippen molar-refractivity contribution in [2.45, 2.75) is 19.9 Å². The summed E-state index contributed by atoms with van der Waals surface area (Å²) in [6.45, 7) is 2.52. The Morgan fingerprint density at radius 1 is 0.967 bits per heavy atom. The average Bonchev–Trinajstić information content (AvgIpc) is 3.16. The van der Waals surface area contributed by atoms with Crippen LogP contribution in [0.25, 0.3) is 27.8 Å². The van der Waals surface area contributed by atoms with Crippen molar-refractivity contribution in [2.75, 3.05) is 0 Å². The lowest BCUT2D eigenvalue weighted by molar-refractivity contribution is 0.760. The quantitative estimate of drug-likeness (QED) is 0.437. The van der Waals surface area contributed by atoms with E-state index in [4.69, 9.17) is 16.7 Å². The second-order valence-corrected chi connectivity index (χ2v) is 7.52. The summed E-state index contributed by atoms with van der Waals surface area (Å²) in [6.07, 6.45) is 2.52. The van der Waals surface area contributed by atoms with Gasteiger partial charge in [0.25, 0.3) is 5.56 Å². The van der Waals surface area contributed by atoms with E-state index in [9.17, 15) is 4.79 Å². The van der Waals surface area contributed by atoms with Crippen LogP contribution in [0, 0.1) is 0 Å². The van der Waals surface area contributed by atoms with Gasteiger partial charge in [-0.25, -0.2) is 4.52 Å². The van der Waals surface area contributed by atoms with Crippen LogP contribution in [0.4, 0.5) is 0 Å². The van der Waals surface area contributed by atoms with Crippen molar-refractivity contribution in [2.24, 2.45) is 0 Å². The molecule has 3 aromatic heterocycles. The zero-order chi connectivity index (χ0) is 20.7. The number of aryl methyl sites for hydroxylation is 1. The topological polar surface area (TPSA) is 65.1 Å². The molecule has 148 valence electrons. The van der Waals surface area contributed by atoms with Gasteiger partial charge in [0.1, 0.15) is 5.52 Å². The number of aromatic nitrogens is 5. The van der Waals surface area contributed by atoms with Crippen LogP contribution < -0.4 is 5.56 Å². The minimum absolute atomic E-state index is 0.188. The number of nitrogens with zero attached hydrogens (tertiary/aromatic N) is 5. The van der Waals surface area contributed by atoms with Gasteiger partial charge in [-0.1, -0.05) is 61.0 Å². The van der Waals surface area contributed by atoms with Gasteiger partial charge < -0.3 is 4.57 Å². The SMILES string of the molecule is CCc1nn2c(nnc3c(=O)n(Cc4ccccc4)ccc32)c1-c1ccc(Cl)cc1. The Kier molecular flexibility index (Phi) is 4.56.